The molecule has 0 radical (unpaired) electrons. The number of rotatable bonds is 4. The predicted molar refractivity (Wildman–Crippen MR) is 36.8 cm³/mol. The smallest absolute Gasteiger partial charge is 0.0478 e. The lowest BCUT2D eigenvalue weighted by molar-refractivity contribution is 0.350. The maximum absolute atomic E-state index is 3.61. The minimum Gasteiger partial charge on any atom is -0.307 e. The lowest BCUT2D eigenvalue weighted by Gasteiger charge is -2.11. The molecule has 0 fully saturated rings. The summed E-state index contributed by atoms with van der Waals surface area (Å²) in [7, 11) is 3.97. The van der Waals surface area contributed by atoms with Gasteiger partial charge < -0.3 is 5.32 Å². The summed E-state index contributed by atoms with van der Waals surface area (Å²) in [5.74, 6) is 0. The Bertz CT molecular complexity index is 61.5. The van der Waals surface area contributed by atoms with Crippen LogP contribution in [0.15, 0.2) is 12.7 Å². The molecule has 0 rings (SSSR count). The van der Waals surface area contributed by atoms with E-state index in [1.54, 1.807) is 0 Å². The van der Waals surface area contributed by atoms with Gasteiger partial charge in [-0.2, -0.15) is 0 Å². The molecule has 0 aliphatic carbocycles. The van der Waals surface area contributed by atoms with Crippen LogP contribution in [-0.2, 0) is 0 Å². The minimum atomic E-state index is 0.923. The standard InChI is InChI=1S/C6H14N2/c1-4-5-8(3)6-7-2/h4,7H,1,5-6H2,2-3H3. The maximum atomic E-state index is 3.61. The van der Waals surface area contributed by atoms with Crippen molar-refractivity contribution < 1.29 is 0 Å². The molecule has 0 saturated heterocycles. The molecule has 1 N–H and O–H groups in total. The Labute approximate surface area is 51.2 Å². The third kappa shape index (κ3) is 3.84. The third-order valence-corrected chi connectivity index (χ3v) is 0.869. The van der Waals surface area contributed by atoms with Gasteiger partial charge in [-0.05, 0) is 14.1 Å². The first-order chi connectivity index (χ1) is 3.81. The van der Waals surface area contributed by atoms with Gasteiger partial charge in [-0.25, -0.2) is 0 Å². The average Bonchev–Trinajstić information content (AvgIpc) is 1.68. The molecule has 0 atom stereocenters. The molecule has 0 unspecified atom stereocenters. The number of hydrogen-bond donors (Lipinski definition) is 1. The van der Waals surface area contributed by atoms with Crippen LogP contribution in [0.3, 0.4) is 0 Å². The summed E-state index contributed by atoms with van der Waals surface area (Å²) in [5.41, 5.74) is 0. The second-order valence-electron chi connectivity index (χ2n) is 1.84. The number of hydrogen-bond acceptors (Lipinski definition) is 2. The van der Waals surface area contributed by atoms with Crippen molar-refractivity contribution in [2.24, 2.45) is 0 Å². The molecule has 2 nitrogen and oxygen atoms in total. The number of nitrogens with zero attached hydrogens (tertiary/aromatic N) is 1. The Morgan fingerprint density at radius 1 is 1.75 bits per heavy atom. The van der Waals surface area contributed by atoms with E-state index in [2.05, 4.69) is 16.8 Å². The molecule has 8 heavy (non-hydrogen) atoms. The SMILES string of the molecule is C=CCN(C)CNC. The fraction of sp³-hybridized carbons (Fsp3) is 0.667. The Kier molecular flexibility index (Phi) is 4.61. The molecule has 0 amide bonds. The fourth-order valence-corrected chi connectivity index (χ4v) is 0.555. The summed E-state index contributed by atoms with van der Waals surface area (Å²) in [6, 6.07) is 0. The van der Waals surface area contributed by atoms with Crippen molar-refractivity contribution >= 4 is 0 Å². The zero-order valence-corrected chi connectivity index (χ0v) is 5.65. The molecule has 0 spiro atoms. The van der Waals surface area contributed by atoms with Crippen LogP contribution in [0, 0.1) is 0 Å². The van der Waals surface area contributed by atoms with E-state index in [4.69, 9.17) is 0 Å². The zero-order chi connectivity index (χ0) is 6.41. The van der Waals surface area contributed by atoms with E-state index in [9.17, 15) is 0 Å². The summed E-state index contributed by atoms with van der Waals surface area (Å²) in [4.78, 5) is 2.13. The molecular weight excluding hydrogens is 100 g/mol. The molecule has 0 aliphatic heterocycles. The van der Waals surface area contributed by atoms with Gasteiger partial charge in [0.15, 0.2) is 0 Å². The Morgan fingerprint density at radius 3 is 2.75 bits per heavy atom. The van der Waals surface area contributed by atoms with Gasteiger partial charge in [-0.3, -0.25) is 4.90 Å². The van der Waals surface area contributed by atoms with Crippen molar-refractivity contribution in [2.75, 3.05) is 27.3 Å². The van der Waals surface area contributed by atoms with Gasteiger partial charge in [-0.15, -0.1) is 6.58 Å². The molecule has 0 aliphatic rings. The lowest BCUT2D eigenvalue weighted by Crippen LogP contribution is -2.28. The predicted octanol–water partition coefficient (Wildman–Crippen LogP) is 0.281. The highest BCUT2D eigenvalue weighted by atomic mass is 15.2. The fourth-order valence-electron chi connectivity index (χ4n) is 0.555. The molecule has 0 bridgehead atoms. The summed E-state index contributed by atoms with van der Waals surface area (Å²) in [6.07, 6.45) is 1.89. The Hall–Kier alpha value is -0.340. The van der Waals surface area contributed by atoms with E-state index in [-0.39, 0.29) is 0 Å². The largest absolute Gasteiger partial charge is 0.307 e. The second-order valence-corrected chi connectivity index (χ2v) is 1.84. The molecule has 0 aromatic rings. The Balaban J connectivity index is 3.03. The van der Waals surface area contributed by atoms with Crippen molar-refractivity contribution in [3.8, 4) is 0 Å². The van der Waals surface area contributed by atoms with E-state index in [0.29, 0.717) is 0 Å². The van der Waals surface area contributed by atoms with E-state index >= 15 is 0 Å². The molecule has 0 aromatic carbocycles. The molecule has 2 heteroatoms. The molecule has 0 heterocycles. The van der Waals surface area contributed by atoms with Crippen molar-refractivity contribution in [3.05, 3.63) is 12.7 Å². The van der Waals surface area contributed by atoms with Gasteiger partial charge in [0.1, 0.15) is 0 Å². The monoisotopic (exact) mass is 114 g/mol. The minimum absolute atomic E-state index is 0.923. The van der Waals surface area contributed by atoms with Gasteiger partial charge in [-0.1, -0.05) is 6.08 Å². The highest BCUT2D eigenvalue weighted by molar-refractivity contribution is 4.69. The molecular formula is C6H14N2. The lowest BCUT2D eigenvalue weighted by atomic mass is 10.6. The summed E-state index contributed by atoms with van der Waals surface area (Å²) in [5, 5.41) is 3.03. The normalized spacial score (nSPS) is 9.88. The second kappa shape index (κ2) is 4.81. The summed E-state index contributed by atoms with van der Waals surface area (Å²) >= 11 is 0. The topological polar surface area (TPSA) is 15.3 Å². The van der Waals surface area contributed by atoms with E-state index in [0.717, 1.165) is 13.2 Å². The van der Waals surface area contributed by atoms with Crippen molar-refractivity contribution in [2.45, 2.75) is 0 Å². The van der Waals surface area contributed by atoms with Crippen molar-refractivity contribution in [1.29, 1.82) is 0 Å². The highest BCUT2D eigenvalue weighted by Gasteiger charge is 1.87. The van der Waals surface area contributed by atoms with E-state index in [1.807, 2.05) is 20.2 Å². The van der Waals surface area contributed by atoms with Gasteiger partial charge in [0.25, 0.3) is 0 Å². The van der Waals surface area contributed by atoms with Crippen LogP contribution in [0.25, 0.3) is 0 Å². The highest BCUT2D eigenvalue weighted by Crippen LogP contribution is 1.75. The van der Waals surface area contributed by atoms with Crippen molar-refractivity contribution in [3.63, 3.8) is 0 Å². The van der Waals surface area contributed by atoms with Crippen molar-refractivity contribution in [1.82, 2.24) is 10.2 Å². The number of nitrogens with one attached hydrogen (secondary N) is 1. The Morgan fingerprint density at radius 2 is 2.38 bits per heavy atom. The van der Waals surface area contributed by atoms with Crippen LogP contribution in [-0.4, -0.2) is 32.2 Å². The number of likely N-dealkylation sites (N-methyl/N-ethyl adjacent to an activating group) is 1. The maximum Gasteiger partial charge on any atom is 0.0478 e. The van der Waals surface area contributed by atoms with E-state index in [1.165, 1.54) is 0 Å². The summed E-state index contributed by atoms with van der Waals surface area (Å²) in [6.45, 7) is 5.48. The first-order valence-corrected chi connectivity index (χ1v) is 2.75. The average molecular weight is 114 g/mol. The molecule has 0 aromatic heterocycles. The first-order valence-electron chi connectivity index (χ1n) is 2.75. The van der Waals surface area contributed by atoms with Gasteiger partial charge in [0.2, 0.25) is 0 Å². The van der Waals surface area contributed by atoms with Crippen LogP contribution < -0.4 is 5.32 Å². The van der Waals surface area contributed by atoms with Crippen LogP contribution in [0.4, 0.5) is 0 Å². The van der Waals surface area contributed by atoms with Gasteiger partial charge in [0, 0.05) is 13.2 Å². The van der Waals surface area contributed by atoms with Crippen LogP contribution in [0.2, 0.25) is 0 Å². The van der Waals surface area contributed by atoms with E-state index < -0.39 is 0 Å². The molecule has 48 valence electrons. The molecule has 0 saturated carbocycles. The quantitative estimate of drug-likeness (QED) is 0.417. The third-order valence-electron chi connectivity index (χ3n) is 0.869. The van der Waals surface area contributed by atoms with Gasteiger partial charge >= 0.3 is 0 Å². The van der Waals surface area contributed by atoms with Crippen LogP contribution >= 0.6 is 0 Å². The van der Waals surface area contributed by atoms with Gasteiger partial charge in [0.05, 0.1) is 0 Å². The summed E-state index contributed by atoms with van der Waals surface area (Å²) < 4.78 is 0. The zero-order valence-electron chi connectivity index (χ0n) is 5.65. The van der Waals surface area contributed by atoms with Crippen LogP contribution in [0.5, 0.6) is 0 Å². The van der Waals surface area contributed by atoms with Crippen LogP contribution in [0.1, 0.15) is 0 Å². The first kappa shape index (κ1) is 7.66.